The fourth-order valence-electron chi connectivity index (χ4n) is 3.89. The summed E-state index contributed by atoms with van der Waals surface area (Å²) in [5, 5.41) is 0. The van der Waals surface area contributed by atoms with E-state index in [0.717, 1.165) is 37.2 Å². The van der Waals surface area contributed by atoms with Gasteiger partial charge in [-0.2, -0.15) is 0 Å². The van der Waals surface area contributed by atoms with Gasteiger partial charge in [-0.25, -0.2) is 9.97 Å². The van der Waals surface area contributed by atoms with Crippen LogP contribution in [0.3, 0.4) is 0 Å². The minimum absolute atomic E-state index is 0.0706. The zero-order valence-corrected chi connectivity index (χ0v) is 16.0. The zero-order valence-electron chi connectivity index (χ0n) is 16.0. The molecule has 1 aliphatic heterocycles. The Labute approximate surface area is 165 Å². The number of likely N-dealkylation sites (tertiary alicyclic amines) is 1. The maximum absolute atomic E-state index is 13.2. The Morgan fingerprint density at radius 3 is 2.82 bits per heavy atom. The highest BCUT2D eigenvalue weighted by molar-refractivity contribution is 5.95. The van der Waals surface area contributed by atoms with Crippen LogP contribution in [0.5, 0.6) is 0 Å². The first-order chi connectivity index (χ1) is 13.6. The Morgan fingerprint density at radius 2 is 2.00 bits per heavy atom. The van der Waals surface area contributed by atoms with E-state index in [4.69, 9.17) is 5.73 Å². The number of piperidine rings is 1. The second kappa shape index (κ2) is 7.80. The van der Waals surface area contributed by atoms with Crippen LogP contribution in [0, 0.1) is 6.92 Å². The molecule has 0 radical (unpaired) electrons. The molecular weight excluding hydrogens is 348 g/mol. The van der Waals surface area contributed by atoms with Crippen LogP contribution in [-0.2, 0) is 0 Å². The second-order valence-electron chi connectivity index (χ2n) is 7.39. The summed E-state index contributed by atoms with van der Waals surface area (Å²) >= 11 is 0. The Hall–Kier alpha value is -3.21. The molecule has 1 unspecified atom stereocenters. The molecule has 1 aromatic heterocycles. The van der Waals surface area contributed by atoms with E-state index in [2.05, 4.69) is 41.2 Å². The van der Waals surface area contributed by atoms with E-state index in [-0.39, 0.29) is 11.9 Å². The van der Waals surface area contributed by atoms with Crippen molar-refractivity contribution in [2.24, 2.45) is 0 Å². The highest BCUT2D eigenvalue weighted by atomic mass is 16.2. The summed E-state index contributed by atoms with van der Waals surface area (Å²) in [5.74, 6) is 0.690. The lowest BCUT2D eigenvalue weighted by Crippen LogP contribution is -2.39. The van der Waals surface area contributed by atoms with Crippen molar-refractivity contribution in [2.45, 2.75) is 25.7 Å². The molecule has 5 heteroatoms. The van der Waals surface area contributed by atoms with Crippen LogP contribution >= 0.6 is 0 Å². The van der Waals surface area contributed by atoms with Gasteiger partial charge in [-0.15, -0.1) is 0 Å². The van der Waals surface area contributed by atoms with E-state index in [1.54, 1.807) is 12.3 Å². The predicted octanol–water partition coefficient (Wildman–Crippen LogP) is 4.05. The number of benzene rings is 2. The van der Waals surface area contributed by atoms with Crippen molar-refractivity contribution in [3.63, 3.8) is 0 Å². The van der Waals surface area contributed by atoms with Gasteiger partial charge in [0.15, 0.2) is 0 Å². The standard InChI is InChI=1S/C23H24N4O/c1-16-5-2-6-17(13-16)20-9-4-12-27(15-20)22(28)19-8-3-7-18(14-19)21-10-11-25-23(24)26-21/h2-3,5-8,10-11,13-14,20H,4,9,12,15H2,1H3,(H2,24,25,26). The smallest absolute Gasteiger partial charge is 0.253 e. The van der Waals surface area contributed by atoms with Gasteiger partial charge in [-0.1, -0.05) is 42.0 Å². The van der Waals surface area contributed by atoms with Gasteiger partial charge < -0.3 is 10.6 Å². The number of nitrogens with two attached hydrogens (primary N) is 1. The molecule has 0 bridgehead atoms. The molecule has 4 rings (SSSR count). The summed E-state index contributed by atoms with van der Waals surface area (Å²) in [5.41, 5.74) is 10.5. The summed E-state index contributed by atoms with van der Waals surface area (Å²) in [6, 6.07) is 18.0. The minimum Gasteiger partial charge on any atom is -0.368 e. The summed E-state index contributed by atoms with van der Waals surface area (Å²) < 4.78 is 0. The average molecular weight is 372 g/mol. The quantitative estimate of drug-likeness (QED) is 0.753. The molecule has 1 fully saturated rings. The first kappa shape index (κ1) is 18.2. The molecule has 0 spiro atoms. The van der Waals surface area contributed by atoms with Crippen LogP contribution in [-0.4, -0.2) is 33.9 Å². The molecule has 3 aromatic rings. The topological polar surface area (TPSA) is 72.1 Å². The zero-order chi connectivity index (χ0) is 19.5. The molecule has 1 amide bonds. The van der Waals surface area contributed by atoms with Gasteiger partial charge in [-0.05, 0) is 43.5 Å². The van der Waals surface area contributed by atoms with Crippen LogP contribution in [0.15, 0.2) is 60.8 Å². The first-order valence-electron chi connectivity index (χ1n) is 9.65. The monoisotopic (exact) mass is 372 g/mol. The third-order valence-corrected chi connectivity index (χ3v) is 5.30. The fourth-order valence-corrected chi connectivity index (χ4v) is 3.89. The van der Waals surface area contributed by atoms with Gasteiger partial charge in [0.1, 0.15) is 0 Å². The summed E-state index contributed by atoms with van der Waals surface area (Å²) in [6.07, 6.45) is 3.77. The molecule has 2 aromatic carbocycles. The summed E-state index contributed by atoms with van der Waals surface area (Å²) in [6.45, 7) is 3.67. The number of nitrogen functional groups attached to an aromatic ring is 1. The van der Waals surface area contributed by atoms with E-state index in [1.165, 1.54) is 11.1 Å². The SMILES string of the molecule is Cc1cccc(C2CCCN(C(=O)c3cccc(-c4ccnc(N)n4)c3)C2)c1. The van der Waals surface area contributed by atoms with Crippen molar-refractivity contribution < 1.29 is 4.79 Å². The van der Waals surface area contributed by atoms with Crippen LogP contribution in [0.25, 0.3) is 11.3 Å². The molecule has 1 aliphatic rings. The van der Waals surface area contributed by atoms with Gasteiger partial charge in [0, 0.05) is 36.3 Å². The predicted molar refractivity (Wildman–Crippen MR) is 111 cm³/mol. The molecule has 2 heterocycles. The summed E-state index contributed by atoms with van der Waals surface area (Å²) in [7, 11) is 0. The van der Waals surface area contributed by atoms with Crippen molar-refractivity contribution in [3.8, 4) is 11.3 Å². The van der Waals surface area contributed by atoms with Crippen molar-refractivity contribution >= 4 is 11.9 Å². The maximum atomic E-state index is 13.2. The second-order valence-corrected chi connectivity index (χ2v) is 7.39. The van der Waals surface area contributed by atoms with Crippen LogP contribution in [0.1, 0.15) is 40.2 Å². The van der Waals surface area contributed by atoms with E-state index in [0.29, 0.717) is 11.5 Å². The van der Waals surface area contributed by atoms with Crippen molar-refractivity contribution in [1.29, 1.82) is 0 Å². The van der Waals surface area contributed by atoms with Crippen molar-refractivity contribution in [3.05, 3.63) is 77.5 Å². The number of rotatable bonds is 3. The lowest BCUT2D eigenvalue weighted by atomic mass is 9.89. The van der Waals surface area contributed by atoms with E-state index >= 15 is 0 Å². The first-order valence-corrected chi connectivity index (χ1v) is 9.65. The third kappa shape index (κ3) is 3.88. The molecule has 2 N–H and O–H groups in total. The minimum atomic E-state index is 0.0706. The van der Waals surface area contributed by atoms with Gasteiger partial charge >= 0.3 is 0 Å². The van der Waals surface area contributed by atoms with E-state index in [9.17, 15) is 4.79 Å². The normalized spacial score (nSPS) is 16.8. The molecule has 0 aliphatic carbocycles. The molecule has 142 valence electrons. The molecule has 28 heavy (non-hydrogen) atoms. The maximum Gasteiger partial charge on any atom is 0.253 e. The Morgan fingerprint density at radius 1 is 1.14 bits per heavy atom. The van der Waals surface area contributed by atoms with Gasteiger partial charge in [0.05, 0.1) is 5.69 Å². The largest absolute Gasteiger partial charge is 0.368 e. The number of carbonyl (C=O) groups excluding carboxylic acids is 1. The van der Waals surface area contributed by atoms with E-state index < -0.39 is 0 Å². The lowest BCUT2D eigenvalue weighted by Gasteiger charge is -2.33. The van der Waals surface area contributed by atoms with Crippen LogP contribution < -0.4 is 5.73 Å². The van der Waals surface area contributed by atoms with E-state index in [1.807, 2.05) is 29.2 Å². The Balaban J connectivity index is 1.55. The van der Waals surface area contributed by atoms with Crippen LogP contribution in [0.2, 0.25) is 0 Å². The van der Waals surface area contributed by atoms with Crippen molar-refractivity contribution in [1.82, 2.24) is 14.9 Å². The molecule has 1 atom stereocenters. The third-order valence-electron chi connectivity index (χ3n) is 5.30. The average Bonchev–Trinajstić information content (AvgIpc) is 2.73. The molecule has 5 nitrogen and oxygen atoms in total. The summed E-state index contributed by atoms with van der Waals surface area (Å²) in [4.78, 5) is 23.3. The molecule has 1 saturated heterocycles. The van der Waals surface area contributed by atoms with Gasteiger partial charge in [-0.3, -0.25) is 4.79 Å². The van der Waals surface area contributed by atoms with Crippen LogP contribution in [0.4, 0.5) is 5.95 Å². The number of nitrogens with zero attached hydrogens (tertiary/aromatic N) is 3. The highest BCUT2D eigenvalue weighted by Crippen LogP contribution is 2.29. The molecular formula is C23H24N4O. The number of carbonyl (C=O) groups is 1. The number of hydrogen-bond donors (Lipinski definition) is 1. The fraction of sp³-hybridized carbons (Fsp3) is 0.261. The number of hydrogen-bond acceptors (Lipinski definition) is 4. The number of amides is 1. The Bertz CT molecular complexity index is 1000. The highest BCUT2D eigenvalue weighted by Gasteiger charge is 2.25. The number of aromatic nitrogens is 2. The van der Waals surface area contributed by atoms with Crippen molar-refractivity contribution in [2.75, 3.05) is 18.8 Å². The number of anilines is 1. The molecule has 0 saturated carbocycles. The van der Waals surface area contributed by atoms with Gasteiger partial charge in [0.2, 0.25) is 5.95 Å². The van der Waals surface area contributed by atoms with Gasteiger partial charge in [0.25, 0.3) is 5.91 Å². The Kier molecular flexibility index (Phi) is 5.06. The lowest BCUT2D eigenvalue weighted by molar-refractivity contribution is 0.0707. The number of aryl methyl sites for hydroxylation is 1.